The average molecular weight is 115 g/mol. The van der Waals surface area contributed by atoms with E-state index in [0.29, 0.717) is 0 Å². The molecule has 47 valence electrons. The summed E-state index contributed by atoms with van der Waals surface area (Å²) in [4.78, 5) is 0. The normalized spacial score (nSPS) is 30.4. The van der Waals surface area contributed by atoms with Gasteiger partial charge in [-0.15, -0.1) is 0 Å². The quantitative estimate of drug-likeness (QED) is 0.501. The first kappa shape index (κ1) is 6.05. The molecule has 1 heterocycles. The third kappa shape index (κ3) is 1.46. The van der Waals surface area contributed by atoms with Crippen molar-refractivity contribution in [3.05, 3.63) is 0 Å². The summed E-state index contributed by atoms with van der Waals surface area (Å²) in [5, 5.41) is 10.2. The van der Waals surface area contributed by atoms with Gasteiger partial charge in [0.2, 0.25) is 0 Å². The summed E-state index contributed by atoms with van der Waals surface area (Å²) in [6.45, 7) is 0.743. The molecule has 1 fully saturated rings. The van der Waals surface area contributed by atoms with Gasteiger partial charge >= 0.3 is 0 Å². The van der Waals surface area contributed by atoms with Crippen LogP contribution >= 0.6 is 0 Å². The molecule has 0 saturated carbocycles. The molecule has 1 aliphatic rings. The van der Waals surface area contributed by atoms with E-state index in [-0.39, 0.29) is 12.7 Å². The molecule has 8 heavy (non-hydrogen) atoms. The van der Waals surface area contributed by atoms with Gasteiger partial charge in [-0.1, -0.05) is 0 Å². The Kier molecular flexibility index (Phi) is 2.30. The van der Waals surface area contributed by atoms with Crippen LogP contribution in [0, 0.1) is 0 Å². The van der Waals surface area contributed by atoms with Crippen LogP contribution in [0.25, 0.3) is 0 Å². The standard InChI is InChI=1S/C6H11O2/c7-5-6-3-1-2-4-8-6/h6H,1-5H2. The Balaban J connectivity index is 2.13. The van der Waals surface area contributed by atoms with E-state index in [0.717, 1.165) is 19.4 Å². The van der Waals surface area contributed by atoms with Crippen LogP contribution in [0.3, 0.4) is 0 Å². The molecule has 1 rings (SSSR count). The molecule has 2 heteroatoms. The fraction of sp³-hybridized carbons (Fsp3) is 1.00. The van der Waals surface area contributed by atoms with E-state index >= 15 is 0 Å². The highest BCUT2D eigenvalue weighted by Crippen LogP contribution is 2.11. The van der Waals surface area contributed by atoms with Crippen molar-refractivity contribution in [3.8, 4) is 0 Å². The highest BCUT2D eigenvalue weighted by atomic mass is 16.5. The van der Waals surface area contributed by atoms with E-state index in [2.05, 4.69) is 0 Å². The third-order valence-corrected chi connectivity index (χ3v) is 1.46. The minimum absolute atomic E-state index is 0.0312. The molecule has 0 aromatic rings. The Hall–Kier alpha value is -0.0800. The SMILES string of the molecule is [O]CC1CCCCO1. The number of ether oxygens (including phenoxy) is 1. The van der Waals surface area contributed by atoms with Crippen LogP contribution in [0.4, 0.5) is 0 Å². The summed E-state index contributed by atoms with van der Waals surface area (Å²) in [6, 6.07) is 0. The maximum atomic E-state index is 10.2. The van der Waals surface area contributed by atoms with Crippen LogP contribution in [0.15, 0.2) is 0 Å². The topological polar surface area (TPSA) is 29.1 Å². The summed E-state index contributed by atoms with van der Waals surface area (Å²) in [6.07, 6.45) is 3.32. The number of hydrogen-bond donors (Lipinski definition) is 0. The Morgan fingerprint density at radius 1 is 1.50 bits per heavy atom. The maximum absolute atomic E-state index is 10.2. The Bertz CT molecular complexity index is 57.5. The molecular formula is C6H11O2. The van der Waals surface area contributed by atoms with Crippen LogP contribution in [0.2, 0.25) is 0 Å². The van der Waals surface area contributed by atoms with Crippen molar-refractivity contribution in [2.24, 2.45) is 0 Å². The van der Waals surface area contributed by atoms with Gasteiger partial charge in [0.1, 0.15) is 6.61 Å². The van der Waals surface area contributed by atoms with E-state index in [1.165, 1.54) is 6.42 Å². The van der Waals surface area contributed by atoms with Crippen LogP contribution in [0.5, 0.6) is 0 Å². The second-order valence-corrected chi connectivity index (χ2v) is 2.16. The molecule has 2 nitrogen and oxygen atoms in total. The average Bonchev–Trinajstić information content (AvgIpc) is 1.90. The van der Waals surface area contributed by atoms with Crippen molar-refractivity contribution in [1.82, 2.24) is 0 Å². The van der Waals surface area contributed by atoms with E-state index in [1.54, 1.807) is 0 Å². The first-order chi connectivity index (χ1) is 3.93. The second kappa shape index (κ2) is 3.05. The highest BCUT2D eigenvalue weighted by molar-refractivity contribution is 4.60. The highest BCUT2D eigenvalue weighted by Gasteiger charge is 2.11. The van der Waals surface area contributed by atoms with Crippen molar-refractivity contribution < 1.29 is 9.84 Å². The second-order valence-electron chi connectivity index (χ2n) is 2.16. The lowest BCUT2D eigenvalue weighted by atomic mass is 10.1. The minimum atomic E-state index is -0.0556. The van der Waals surface area contributed by atoms with Crippen molar-refractivity contribution in [2.75, 3.05) is 13.2 Å². The smallest absolute Gasteiger partial charge is 0.108 e. The summed E-state index contributed by atoms with van der Waals surface area (Å²) >= 11 is 0. The lowest BCUT2D eigenvalue weighted by Gasteiger charge is -2.18. The Labute approximate surface area is 49.5 Å². The molecule has 0 aromatic heterocycles. The molecule has 1 saturated heterocycles. The molecular weight excluding hydrogens is 104 g/mol. The molecule has 1 aliphatic heterocycles. The molecule has 0 bridgehead atoms. The zero-order valence-corrected chi connectivity index (χ0v) is 4.93. The molecule has 0 N–H and O–H groups in total. The molecule has 0 amide bonds. The zero-order valence-electron chi connectivity index (χ0n) is 4.93. The maximum Gasteiger partial charge on any atom is 0.108 e. The van der Waals surface area contributed by atoms with E-state index in [1.807, 2.05) is 0 Å². The monoisotopic (exact) mass is 115 g/mol. The fourth-order valence-electron chi connectivity index (χ4n) is 0.939. The predicted molar refractivity (Wildman–Crippen MR) is 29.1 cm³/mol. The van der Waals surface area contributed by atoms with Gasteiger partial charge in [-0.2, -0.15) is 0 Å². The lowest BCUT2D eigenvalue weighted by molar-refractivity contribution is -0.0351. The van der Waals surface area contributed by atoms with Crippen LogP contribution in [-0.4, -0.2) is 19.3 Å². The van der Waals surface area contributed by atoms with Gasteiger partial charge in [-0.05, 0) is 19.3 Å². The summed E-state index contributed by atoms with van der Waals surface area (Å²) < 4.78 is 5.11. The molecule has 1 unspecified atom stereocenters. The number of rotatable bonds is 1. The summed E-state index contributed by atoms with van der Waals surface area (Å²) in [7, 11) is 0. The van der Waals surface area contributed by atoms with E-state index < -0.39 is 0 Å². The predicted octanol–water partition coefficient (Wildman–Crippen LogP) is 0.986. The molecule has 1 radical (unpaired) electrons. The lowest BCUT2D eigenvalue weighted by Crippen LogP contribution is -2.21. The zero-order chi connectivity index (χ0) is 5.82. The van der Waals surface area contributed by atoms with Gasteiger partial charge in [0, 0.05) is 6.61 Å². The van der Waals surface area contributed by atoms with Crippen molar-refractivity contribution in [1.29, 1.82) is 0 Å². The van der Waals surface area contributed by atoms with Crippen molar-refractivity contribution >= 4 is 0 Å². The van der Waals surface area contributed by atoms with Crippen LogP contribution < -0.4 is 0 Å². The van der Waals surface area contributed by atoms with Gasteiger partial charge in [-0.3, -0.25) is 0 Å². The van der Waals surface area contributed by atoms with Gasteiger partial charge in [0.25, 0.3) is 0 Å². The van der Waals surface area contributed by atoms with Crippen LogP contribution in [-0.2, 0) is 9.84 Å². The van der Waals surface area contributed by atoms with Gasteiger partial charge in [0.05, 0.1) is 6.10 Å². The Morgan fingerprint density at radius 2 is 2.38 bits per heavy atom. The van der Waals surface area contributed by atoms with Crippen molar-refractivity contribution in [2.45, 2.75) is 25.4 Å². The molecule has 0 spiro atoms. The van der Waals surface area contributed by atoms with Crippen molar-refractivity contribution in [3.63, 3.8) is 0 Å². The van der Waals surface area contributed by atoms with Gasteiger partial charge in [-0.25, -0.2) is 5.11 Å². The largest absolute Gasteiger partial charge is 0.376 e. The molecule has 0 aliphatic carbocycles. The molecule has 1 atom stereocenters. The summed E-state index contributed by atoms with van der Waals surface area (Å²) in [5.74, 6) is 0. The Morgan fingerprint density at radius 3 is 2.75 bits per heavy atom. The van der Waals surface area contributed by atoms with Gasteiger partial charge in [0.15, 0.2) is 0 Å². The number of hydrogen-bond acceptors (Lipinski definition) is 1. The fourth-order valence-corrected chi connectivity index (χ4v) is 0.939. The van der Waals surface area contributed by atoms with E-state index in [9.17, 15) is 5.11 Å². The van der Waals surface area contributed by atoms with Gasteiger partial charge < -0.3 is 4.74 Å². The van der Waals surface area contributed by atoms with E-state index in [4.69, 9.17) is 4.74 Å². The van der Waals surface area contributed by atoms with Crippen LogP contribution in [0.1, 0.15) is 19.3 Å². The summed E-state index contributed by atoms with van der Waals surface area (Å²) in [5.41, 5.74) is 0. The first-order valence-electron chi connectivity index (χ1n) is 3.13. The third-order valence-electron chi connectivity index (χ3n) is 1.46. The first-order valence-corrected chi connectivity index (χ1v) is 3.13. The molecule has 0 aromatic carbocycles. The minimum Gasteiger partial charge on any atom is -0.376 e.